The number of nitrogens with one attached hydrogen (secondary N) is 2. The summed E-state index contributed by atoms with van der Waals surface area (Å²) in [4.78, 5) is 4.28. The van der Waals surface area contributed by atoms with Gasteiger partial charge in [0.25, 0.3) is 0 Å². The Kier molecular flexibility index (Phi) is 6.10. The van der Waals surface area contributed by atoms with Crippen LogP contribution in [-0.2, 0) is 6.42 Å². The van der Waals surface area contributed by atoms with Gasteiger partial charge in [0.15, 0.2) is 0 Å². The molecule has 17 heavy (non-hydrogen) atoms. The molecule has 1 rings (SSSR count). The summed E-state index contributed by atoms with van der Waals surface area (Å²) >= 11 is 0. The summed E-state index contributed by atoms with van der Waals surface area (Å²) in [5, 5.41) is 3.19. The molecule has 0 aliphatic rings. The monoisotopic (exact) mass is 234 g/mol. The van der Waals surface area contributed by atoms with E-state index in [0.717, 1.165) is 25.9 Å². The molecule has 1 aromatic rings. The van der Waals surface area contributed by atoms with Gasteiger partial charge in [0, 0.05) is 13.1 Å². The van der Waals surface area contributed by atoms with Crippen LogP contribution in [0, 0.1) is 6.92 Å². The van der Waals surface area contributed by atoms with Gasteiger partial charge in [0.2, 0.25) is 5.96 Å². The number of nitrogens with two attached hydrogens (primary N) is 1. The fourth-order valence-corrected chi connectivity index (χ4v) is 1.57. The van der Waals surface area contributed by atoms with Crippen molar-refractivity contribution in [2.75, 3.05) is 13.1 Å². The number of rotatable bonds is 5. The maximum absolute atomic E-state index is 5.37. The first kappa shape index (κ1) is 13.5. The molecule has 0 radical (unpaired) electrons. The number of guanidine groups is 1. The third-order valence-electron chi connectivity index (χ3n) is 2.42. The number of hydrazine groups is 1. The summed E-state index contributed by atoms with van der Waals surface area (Å²) in [6.45, 7) is 5.81. The van der Waals surface area contributed by atoms with Crippen LogP contribution >= 0.6 is 0 Å². The maximum atomic E-state index is 5.37. The second kappa shape index (κ2) is 7.68. The van der Waals surface area contributed by atoms with E-state index < -0.39 is 0 Å². The average Bonchev–Trinajstić information content (AvgIpc) is 2.33. The quantitative estimate of drug-likeness (QED) is 0.312. The Balaban J connectivity index is 2.36. The number of benzene rings is 1. The Hall–Kier alpha value is -1.55. The Morgan fingerprint density at radius 3 is 2.88 bits per heavy atom. The molecule has 0 spiro atoms. The fourth-order valence-electron chi connectivity index (χ4n) is 1.57. The van der Waals surface area contributed by atoms with Gasteiger partial charge in [-0.25, -0.2) is 5.84 Å². The van der Waals surface area contributed by atoms with E-state index in [2.05, 4.69) is 53.8 Å². The van der Waals surface area contributed by atoms with Gasteiger partial charge in [0.1, 0.15) is 0 Å². The van der Waals surface area contributed by atoms with Crippen molar-refractivity contribution < 1.29 is 0 Å². The predicted molar refractivity (Wildman–Crippen MR) is 72.8 cm³/mol. The van der Waals surface area contributed by atoms with Crippen molar-refractivity contribution in [1.82, 2.24) is 10.7 Å². The third-order valence-corrected chi connectivity index (χ3v) is 2.42. The van der Waals surface area contributed by atoms with E-state index in [0.29, 0.717) is 5.96 Å². The van der Waals surface area contributed by atoms with Crippen LogP contribution in [0.3, 0.4) is 0 Å². The molecule has 1 aromatic carbocycles. The van der Waals surface area contributed by atoms with Gasteiger partial charge in [-0.15, -0.1) is 0 Å². The standard InChI is InChI=1S/C13H22N4/c1-3-8-15-13(17-14)16-9-7-12-6-4-5-11(2)10-12/h4-6,10H,3,7-9,14H2,1-2H3,(H2,15,16,17). The second-order valence-corrected chi connectivity index (χ2v) is 4.04. The molecule has 0 saturated heterocycles. The number of aryl methyl sites for hydroxylation is 1. The van der Waals surface area contributed by atoms with Crippen molar-refractivity contribution in [1.29, 1.82) is 0 Å². The van der Waals surface area contributed by atoms with Crippen LogP contribution in [0.15, 0.2) is 29.3 Å². The van der Waals surface area contributed by atoms with E-state index in [1.54, 1.807) is 0 Å². The topological polar surface area (TPSA) is 62.4 Å². The Morgan fingerprint density at radius 2 is 2.24 bits per heavy atom. The van der Waals surface area contributed by atoms with Crippen molar-refractivity contribution in [3.63, 3.8) is 0 Å². The molecular weight excluding hydrogens is 212 g/mol. The molecule has 0 aromatic heterocycles. The minimum atomic E-state index is 0.666. The van der Waals surface area contributed by atoms with E-state index >= 15 is 0 Å². The van der Waals surface area contributed by atoms with Gasteiger partial charge in [-0.3, -0.25) is 10.4 Å². The van der Waals surface area contributed by atoms with Crippen LogP contribution in [0.25, 0.3) is 0 Å². The van der Waals surface area contributed by atoms with Crippen LogP contribution in [0.4, 0.5) is 0 Å². The fraction of sp³-hybridized carbons (Fsp3) is 0.462. The molecule has 0 heterocycles. The lowest BCUT2D eigenvalue weighted by Crippen LogP contribution is -2.42. The van der Waals surface area contributed by atoms with Crippen molar-refractivity contribution in [2.45, 2.75) is 26.7 Å². The second-order valence-electron chi connectivity index (χ2n) is 4.04. The van der Waals surface area contributed by atoms with Crippen molar-refractivity contribution in [3.8, 4) is 0 Å². The minimum Gasteiger partial charge on any atom is -0.355 e. The Morgan fingerprint density at radius 1 is 1.41 bits per heavy atom. The zero-order valence-electron chi connectivity index (χ0n) is 10.7. The normalized spacial score (nSPS) is 11.4. The predicted octanol–water partition coefficient (Wildman–Crippen LogP) is 1.36. The van der Waals surface area contributed by atoms with Gasteiger partial charge in [0.05, 0.1) is 0 Å². The summed E-state index contributed by atoms with van der Waals surface area (Å²) < 4.78 is 0. The highest BCUT2D eigenvalue weighted by molar-refractivity contribution is 5.79. The first-order valence-corrected chi connectivity index (χ1v) is 6.06. The highest BCUT2D eigenvalue weighted by Crippen LogP contribution is 2.03. The molecule has 4 heteroatoms. The zero-order valence-corrected chi connectivity index (χ0v) is 10.7. The summed E-state index contributed by atoms with van der Waals surface area (Å²) in [6.07, 6.45) is 1.99. The summed E-state index contributed by atoms with van der Waals surface area (Å²) in [5.74, 6) is 6.04. The van der Waals surface area contributed by atoms with Crippen molar-refractivity contribution in [2.24, 2.45) is 10.8 Å². The summed E-state index contributed by atoms with van der Waals surface area (Å²) in [7, 11) is 0. The van der Waals surface area contributed by atoms with Crippen LogP contribution in [0.1, 0.15) is 24.5 Å². The Bertz CT molecular complexity index is 360. The summed E-state index contributed by atoms with van der Waals surface area (Å²) in [6, 6.07) is 8.51. The lowest BCUT2D eigenvalue weighted by atomic mass is 10.1. The number of aliphatic imine (C=N–C) groups is 1. The molecule has 0 atom stereocenters. The van der Waals surface area contributed by atoms with Gasteiger partial charge in [-0.05, 0) is 25.3 Å². The molecule has 4 nitrogen and oxygen atoms in total. The van der Waals surface area contributed by atoms with Gasteiger partial charge >= 0.3 is 0 Å². The van der Waals surface area contributed by atoms with Gasteiger partial charge in [-0.1, -0.05) is 36.8 Å². The lowest BCUT2D eigenvalue weighted by Gasteiger charge is -2.09. The van der Waals surface area contributed by atoms with Crippen LogP contribution in [0.5, 0.6) is 0 Å². The lowest BCUT2D eigenvalue weighted by molar-refractivity contribution is 0.799. The van der Waals surface area contributed by atoms with E-state index in [1.165, 1.54) is 11.1 Å². The Labute approximate surface area is 103 Å². The molecule has 0 aliphatic heterocycles. The molecule has 0 unspecified atom stereocenters. The SMILES string of the molecule is CCCN=C(NN)NCCc1cccc(C)c1. The maximum Gasteiger partial charge on any atom is 0.205 e. The van der Waals surface area contributed by atoms with Gasteiger partial charge in [-0.2, -0.15) is 0 Å². The van der Waals surface area contributed by atoms with E-state index in [-0.39, 0.29) is 0 Å². The van der Waals surface area contributed by atoms with Crippen LogP contribution < -0.4 is 16.6 Å². The highest BCUT2D eigenvalue weighted by atomic mass is 15.3. The zero-order chi connectivity index (χ0) is 12.5. The highest BCUT2D eigenvalue weighted by Gasteiger charge is 1.96. The van der Waals surface area contributed by atoms with E-state index in [4.69, 9.17) is 5.84 Å². The number of nitrogens with zero attached hydrogens (tertiary/aromatic N) is 1. The molecule has 0 bridgehead atoms. The average molecular weight is 234 g/mol. The largest absolute Gasteiger partial charge is 0.355 e. The van der Waals surface area contributed by atoms with E-state index in [9.17, 15) is 0 Å². The molecule has 0 aliphatic carbocycles. The molecule has 4 N–H and O–H groups in total. The molecular formula is C13H22N4. The number of hydrogen-bond acceptors (Lipinski definition) is 2. The first-order valence-electron chi connectivity index (χ1n) is 6.06. The number of hydrogen-bond donors (Lipinski definition) is 3. The van der Waals surface area contributed by atoms with Crippen LogP contribution in [-0.4, -0.2) is 19.0 Å². The van der Waals surface area contributed by atoms with E-state index in [1.807, 2.05) is 0 Å². The molecule has 94 valence electrons. The van der Waals surface area contributed by atoms with Gasteiger partial charge < -0.3 is 5.32 Å². The smallest absolute Gasteiger partial charge is 0.205 e. The molecule has 0 amide bonds. The molecule has 0 saturated carbocycles. The minimum absolute atomic E-state index is 0.666. The summed E-state index contributed by atoms with van der Waals surface area (Å²) in [5.41, 5.74) is 5.19. The van der Waals surface area contributed by atoms with Crippen LogP contribution in [0.2, 0.25) is 0 Å². The first-order chi connectivity index (χ1) is 8.26. The third kappa shape index (κ3) is 5.36. The van der Waals surface area contributed by atoms with Crippen molar-refractivity contribution >= 4 is 5.96 Å². The van der Waals surface area contributed by atoms with Crippen molar-refractivity contribution in [3.05, 3.63) is 35.4 Å². The molecule has 0 fully saturated rings.